The van der Waals surface area contributed by atoms with E-state index in [0.29, 0.717) is 12.5 Å². The first-order valence-electron chi connectivity index (χ1n) is 6.58. The highest BCUT2D eigenvalue weighted by atomic mass is 35.5. The number of hydrogen-bond acceptors (Lipinski definition) is 3. The van der Waals surface area contributed by atoms with Crippen molar-refractivity contribution in [2.45, 2.75) is 12.8 Å². The van der Waals surface area contributed by atoms with Gasteiger partial charge in [0.1, 0.15) is 5.75 Å². The summed E-state index contributed by atoms with van der Waals surface area (Å²) in [6.07, 6.45) is 6.04. The second-order valence-electron chi connectivity index (χ2n) is 4.49. The second-order valence-corrected chi connectivity index (χ2v) is 5.74. The quantitative estimate of drug-likeness (QED) is 0.496. The lowest BCUT2D eigenvalue weighted by atomic mass is 10.2. The Morgan fingerprint density at radius 3 is 2.80 bits per heavy atom. The van der Waals surface area contributed by atoms with Crippen molar-refractivity contribution in [1.82, 2.24) is 9.38 Å². The van der Waals surface area contributed by atoms with E-state index in [2.05, 4.69) is 4.98 Å². The van der Waals surface area contributed by atoms with Crippen LogP contribution in [-0.2, 0) is 0 Å². The molecule has 0 saturated heterocycles. The van der Waals surface area contributed by atoms with Crippen molar-refractivity contribution in [3.63, 3.8) is 0 Å². The number of halogens is 1. The molecule has 1 aromatic carbocycles. The third kappa shape index (κ3) is 2.97. The van der Waals surface area contributed by atoms with E-state index in [1.54, 1.807) is 11.3 Å². The molecule has 0 spiro atoms. The minimum absolute atomic E-state index is 0.694. The highest BCUT2D eigenvalue weighted by Crippen LogP contribution is 2.23. The number of aromatic nitrogens is 2. The molecule has 20 heavy (non-hydrogen) atoms. The van der Waals surface area contributed by atoms with Gasteiger partial charge in [0.25, 0.3) is 0 Å². The summed E-state index contributed by atoms with van der Waals surface area (Å²) >= 11 is 7.27. The van der Waals surface area contributed by atoms with Crippen LogP contribution in [0.2, 0.25) is 0 Å². The molecular formula is C15H15ClN2OS. The van der Waals surface area contributed by atoms with Crippen molar-refractivity contribution in [3.8, 4) is 17.0 Å². The van der Waals surface area contributed by atoms with Crippen molar-refractivity contribution >= 4 is 27.9 Å². The van der Waals surface area contributed by atoms with Crippen LogP contribution >= 0.6 is 22.9 Å². The van der Waals surface area contributed by atoms with Crippen LogP contribution in [0, 0.1) is 0 Å². The maximum Gasteiger partial charge on any atom is 0.194 e. The Balaban J connectivity index is 1.67. The Kier molecular flexibility index (Phi) is 4.23. The molecule has 5 heteroatoms. The zero-order chi connectivity index (χ0) is 13.8. The zero-order valence-corrected chi connectivity index (χ0v) is 12.5. The van der Waals surface area contributed by atoms with Gasteiger partial charge >= 0.3 is 0 Å². The predicted octanol–water partition coefficient (Wildman–Crippen LogP) is 4.46. The van der Waals surface area contributed by atoms with Gasteiger partial charge < -0.3 is 4.74 Å². The van der Waals surface area contributed by atoms with Gasteiger partial charge in [0.2, 0.25) is 0 Å². The molecular weight excluding hydrogens is 292 g/mol. The average molecular weight is 307 g/mol. The van der Waals surface area contributed by atoms with Crippen molar-refractivity contribution in [1.29, 1.82) is 0 Å². The fraction of sp³-hybridized carbons (Fsp3) is 0.267. The summed E-state index contributed by atoms with van der Waals surface area (Å²) in [5.41, 5.74) is 2.10. The number of alkyl halides is 1. The molecule has 0 amide bonds. The molecule has 0 aliphatic heterocycles. The maximum atomic E-state index is 5.66. The first-order chi connectivity index (χ1) is 9.86. The summed E-state index contributed by atoms with van der Waals surface area (Å²) in [5, 5.41) is 2.03. The lowest BCUT2D eigenvalue weighted by Crippen LogP contribution is -1.97. The van der Waals surface area contributed by atoms with Crippen LogP contribution in [0.5, 0.6) is 5.75 Å². The number of thiazole rings is 1. The van der Waals surface area contributed by atoms with Gasteiger partial charge in [-0.15, -0.1) is 22.9 Å². The summed E-state index contributed by atoms with van der Waals surface area (Å²) in [6, 6.07) is 8.07. The summed E-state index contributed by atoms with van der Waals surface area (Å²) in [5.74, 6) is 1.59. The highest BCUT2D eigenvalue weighted by molar-refractivity contribution is 7.15. The SMILES string of the molecule is ClCCCCOc1ccc(-c2cn3ccsc3n2)cc1. The fourth-order valence-electron chi connectivity index (χ4n) is 1.98. The van der Waals surface area contributed by atoms with Crippen LogP contribution in [0.4, 0.5) is 0 Å². The van der Waals surface area contributed by atoms with E-state index in [1.807, 2.05) is 46.4 Å². The van der Waals surface area contributed by atoms with E-state index in [9.17, 15) is 0 Å². The normalized spacial score (nSPS) is 11.1. The van der Waals surface area contributed by atoms with Gasteiger partial charge in [-0.1, -0.05) is 0 Å². The van der Waals surface area contributed by atoms with E-state index in [0.717, 1.165) is 34.8 Å². The molecule has 3 nitrogen and oxygen atoms in total. The van der Waals surface area contributed by atoms with Crippen molar-refractivity contribution < 1.29 is 4.74 Å². The first-order valence-corrected chi connectivity index (χ1v) is 7.99. The fourth-order valence-corrected chi connectivity index (χ4v) is 2.86. The van der Waals surface area contributed by atoms with E-state index in [1.165, 1.54) is 0 Å². The molecule has 3 aromatic rings. The Labute approximate surface area is 126 Å². The molecule has 0 saturated carbocycles. The number of rotatable bonds is 6. The first kappa shape index (κ1) is 13.5. The van der Waals surface area contributed by atoms with Gasteiger partial charge in [-0.3, -0.25) is 4.40 Å². The molecule has 0 fully saturated rings. The van der Waals surface area contributed by atoms with Gasteiger partial charge in [0.05, 0.1) is 12.3 Å². The van der Waals surface area contributed by atoms with Crippen molar-refractivity contribution in [3.05, 3.63) is 42.0 Å². The number of imidazole rings is 1. The van der Waals surface area contributed by atoms with Crippen LogP contribution < -0.4 is 4.74 Å². The second kappa shape index (κ2) is 6.29. The lowest BCUT2D eigenvalue weighted by Gasteiger charge is -2.05. The summed E-state index contributed by atoms with van der Waals surface area (Å²) in [6.45, 7) is 0.715. The van der Waals surface area contributed by atoms with Crippen LogP contribution in [0.3, 0.4) is 0 Å². The van der Waals surface area contributed by atoms with Crippen molar-refractivity contribution in [2.24, 2.45) is 0 Å². The maximum absolute atomic E-state index is 5.66. The lowest BCUT2D eigenvalue weighted by molar-refractivity contribution is 0.310. The molecule has 104 valence electrons. The van der Waals surface area contributed by atoms with Crippen LogP contribution in [0.1, 0.15) is 12.8 Å². The molecule has 0 atom stereocenters. The number of unbranched alkanes of at least 4 members (excludes halogenated alkanes) is 1. The molecule has 0 radical (unpaired) electrons. The van der Waals surface area contributed by atoms with Gasteiger partial charge in [0, 0.05) is 29.2 Å². The largest absolute Gasteiger partial charge is 0.494 e. The number of hydrogen-bond donors (Lipinski definition) is 0. The Hall–Kier alpha value is -1.52. The molecule has 0 N–H and O–H groups in total. The third-order valence-electron chi connectivity index (χ3n) is 3.04. The van der Waals surface area contributed by atoms with Crippen LogP contribution in [-0.4, -0.2) is 21.9 Å². The summed E-state index contributed by atoms with van der Waals surface area (Å²) in [7, 11) is 0. The molecule has 2 aromatic heterocycles. The number of benzene rings is 1. The standard InChI is InChI=1S/C15H15ClN2OS/c16-7-1-2-9-19-13-5-3-12(4-6-13)14-11-18-8-10-20-15(18)17-14/h3-6,8,10-11H,1-2,7,9H2. The number of ether oxygens (including phenoxy) is 1. The van der Waals surface area contributed by atoms with E-state index < -0.39 is 0 Å². The molecule has 0 unspecified atom stereocenters. The number of fused-ring (bicyclic) bond motifs is 1. The number of nitrogens with zero attached hydrogens (tertiary/aromatic N) is 2. The third-order valence-corrected chi connectivity index (χ3v) is 4.08. The highest BCUT2D eigenvalue weighted by Gasteiger charge is 2.05. The molecule has 0 bridgehead atoms. The minimum atomic E-state index is 0.694. The van der Waals surface area contributed by atoms with E-state index in [-0.39, 0.29) is 0 Å². The molecule has 0 aliphatic carbocycles. The van der Waals surface area contributed by atoms with Gasteiger partial charge in [-0.05, 0) is 37.1 Å². The Bertz CT molecular complexity index is 646. The van der Waals surface area contributed by atoms with Gasteiger partial charge in [-0.2, -0.15) is 0 Å². The minimum Gasteiger partial charge on any atom is -0.494 e. The monoisotopic (exact) mass is 306 g/mol. The van der Waals surface area contributed by atoms with Gasteiger partial charge in [0.15, 0.2) is 4.96 Å². The average Bonchev–Trinajstić information content (AvgIpc) is 3.05. The summed E-state index contributed by atoms with van der Waals surface area (Å²) in [4.78, 5) is 5.60. The van der Waals surface area contributed by atoms with Gasteiger partial charge in [-0.25, -0.2) is 4.98 Å². The Morgan fingerprint density at radius 1 is 1.20 bits per heavy atom. The topological polar surface area (TPSA) is 26.5 Å². The zero-order valence-electron chi connectivity index (χ0n) is 11.0. The summed E-state index contributed by atoms with van der Waals surface area (Å²) < 4.78 is 7.70. The smallest absolute Gasteiger partial charge is 0.194 e. The van der Waals surface area contributed by atoms with E-state index in [4.69, 9.17) is 16.3 Å². The molecule has 0 aliphatic rings. The molecule has 2 heterocycles. The van der Waals surface area contributed by atoms with Crippen LogP contribution in [0.25, 0.3) is 16.2 Å². The molecule has 3 rings (SSSR count). The van der Waals surface area contributed by atoms with Crippen LogP contribution in [0.15, 0.2) is 42.0 Å². The van der Waals surface area contributed by atoms with Crippen molar-refractivity contribution in [2.75, 3.05) is 12.5 Å². The van der Waals surface area contributed by atoms with E-state index >= 15 is 0 Å². The predicted molar refractivity (Wildman–Crippen MR) is 84.0 cm³/mol. The Morgan fingerprint density at radius 2 is 2.05 bits per heavy atom.